The van der Waals surface area contributed by atoms with Crippen LogP contribution in [0, 0.1) is 11.7 Å². The second-order valence-electron chi connectivity index (χ2n) is 10.5. The molecular formula is C27H30ClFN4O3. The van der Waals surface area contributed by atoms with Gasteiger partial charge in [0.15, 0.2) is 0 Å². The molecule has 2 aliphatic heterocycles. The van der Waals surface area contributed by atoms with Crippen LogP contribution in [0.1, 0.15) is 43.5 Å². The number of hydrogen-bond acceptors (Lipinski definition) is 4. The van der Waals surface area contributed by atoms with Gasteiger partial charge in [-0.25, -0.2) is 9.37 Å². The van der Waals surface area contributed by atoms with E-state index in [0.717, 1.165) is 22.3 Å². The van der Waals surface area contributed by atoms with Gasteiger partial charge in [0.25, 0.3) is 0 Å². The third kappa shape index (κ3) is 4.60. The molecule has 2 aliphatic rings. The minimum absolute atomic E-state index is 0.0185. The average Bonchev–Trinajstić information content (AvgIpc) is 3.15. The Labute approximate surface area is 214 Å². The third-order valence-corrected chi connectivity index (χ3v) is 7.76. The first-order valence-electron chi connectivity index (χ1n) is 12.3. The summed E-state index contributed by atoms with van der Waals surface area (Å²) in [7, 11) is 0. The van der Waals surface area contributed by atoms with Crippen LogP contribution in [-0.2, 0) is 28.1 Å². The number of aromatic nitrogens is 2. The number of carboxylic acid groups (broad SMARTS) is 1. The van der Waals surface area contributed by atoms with Gasteiger partial charge in [0.05, 0.1) is 25.6 Å². The largest absolute Gasteiger partial charge is 0.481 e. The number of hydrogen-bond donors (Lipinski definition) is 1. The summed E-state index contributed by atoms with van der Waals surface area (Å²) in [6, 6.07) is 8.64. The molecule has 1 saturated heterocycles. The highest BCUT2D eigenvalue weighted by Crippen LogP contribution is 2.40. The number of carbonyl (C=O) groups excluding carboxylic acids is 1. The maximum atomic E-state index is 14.7. The number of amides is 1. The van der Waals surface area contributed by atoms with Crippen molar-refractivity contribution in [3.05, 3.63) is 64.2 Å². The van der Waals surface area contributed by atoms with E-state index >= 15 is 0 Å². The van der Waals surface area contributed by atoms with Crippen LogP contribution < -0.4 is 0 Å². The van der Waals surface area contributed by atoms with E-state index < -0.39 is 5.97 Å². The summed E-state index contributed by atoms with van der Waals surface area (Å²) in [6.45, 7) is 6.99. The molecule has 0 bridgehead atoms. The highest BCUT2D eigenvalue weighted by atomic mass is 35.5. The van der Waals surface area contributed by atoms with Crippen molar-refractivity contribution >= 4 is 34.5 Å². The predicted molar refractivity (Wildman–Crippen MR) is 135 cm³/mol. The number of rotatable bonds is 5. The van der Waals surface area contributed by atoms with Gasteiger partial charge in [-0.1, -0.05) is 31.5 Å². The van der Waals surface area contributed by atoms with Crippen molar-refractivity contribution in [2.24, 2.45) is 5.92 Å². The molecule has 0 radical (unpaired) electrons. The summed E-state index contributed by atoms with van der Waals surface area (Å²) in [5.41, 5.74) is 3.06. The second kappa shape index (κ2) is 9.48. The van der Waals surface area contributed by atoms with E-state index in [1.165, 1.54) is 6.07 Å². The molecule has 0 saturated carbocycles. The number of pyridine rings is 1. The Morgan fingerprint density at radius 3 is 2.67 bits per heavy atom. The Hall–Kier alpha value is -2.97. The number of carboxylic acids is 1. The van der Waals surface area contributed by atoms with Crippen molar-refractivity contribution in [3.8, 4) is 0 Å². The van der Waals surface area contributed by atoms with E-state index in [2.05, 4.69) is 18.8 Å². The summed E-state index contributed by atoms with van der Waals surface area (Å²) in [5.74, 6) is -1.44. The third-order valence-electron chi connectivity index (χ3n) is 7.52. The van der Waals surface area contributed by atoms with Gasteiger partial charge in [0, 0.05) is 39.8 Å². The average molecular weight is 513 g/mol. The van der Waals surface area contributed by atoms with Gasteiger partial charge in [-0.05, 0) is 55.8 Å². The molecule has 4 heterocycles. The lowest BCUT2D eigenvalue weighted by molar-refractivity contribution is -0.143. The van der Waals surface area contributed by atoms with Crippen molar-refractivity contribution in [1.29, 1.82) is 0 Å². The molecule has 5 rings (SSSR count). The Balaban J connectivity index is 1.45. The first-order valence-corrected chi connectivity index (χ1v) is 12.7. The standard InChI is InChI=1S/C27H30ClFN4O3/c1-27(2)16-32(23(34)15-31-10-7-17(8-11-31)26(35)36)14-22-24(27)20-4-3-9-30-25(20)33(22)13-18-5-6-19(28)12-21(18)29/h3-6,9,12,17H,7-8,10-11,13-16H2,1-2H3,(H,35,36). The quantitative estimate of drug-likeness (QED) is 0.551. The summed E-state index contributed by atoms with van der Waals surface area (Å²) < 4.78 is 16.8. The number of piperidine rings is 1. The molecule has 1 N–H and O–H groups in total. The zero-order valence-corrected chi connectivity index (χ0v) is 21.3. The number of halogens is 2. The van der Waals surface area contributed by atoms with E-state index in [0.29, 0.717) is 49.6 Å². The van der Waals surface area contributed by atoms with Crippen LogP contribution in [0.25, 0.3) is 11.0 Å². The van der Waals surface area contributed by atoms with Crippen LogP contribution in [-0.4, -0.2) is 62.5 Å². The zero-order chi connectivity index (χ0) is 25.6. The van der Waals surface area contributed by atoms with Crippen LogP contribution >= 0.6 is 11.6 Å². The molecular weight excluding hydrogens is 483 g/mol. The fourth-order valence-corrected chi connectivity index (χ4v) is 5.89. The van der Waals surface area contributed by atoms with Crippen LogP contribution in [0.5, 0.6) is 0 Å². The normalized spacial score (nSPS) is 18.4. The van der Waals surface area contributed by atoms with Crippen molar-refractivity contribution in [1.82, 2.24) is 19.4 Å². The Bertz CT molecular complexity index is 1330. The summed E-state index contributed by atoms with van der Waals surface area (Å²) in [4.78, 5) is 33.2. The fraction of sp³-hybridized carbons (Fsp3) is 0.444. The lowest BCUT2D eigenvalue weighted by Crippen LogP contribution is -2.49. The lowest BCUT2D eigenvalue weighted by atomic mass is 9.79. The second-order valence-corrected chi connectivity index (χ2v) is 11.0. The number of benzene rings is 1. The number of nitrogens with zero attached hydrogens (tertiary/aromatic N) is 4. The molecule has 0 atom stereocenters. The first kappa shape index (κ1) is 24.7. The Morgan fingerprint density at radius 1 is 1.22 bits per heavy atom. The van der Waals surface area contributed by atoms with Crippen LogP contribution in [0.4, 0.5) is 4.39 Å². The summed E-state index contributed by atoms with van der Waals surface area (Å²) in [5, 5.41) is 10.6. The Morgan fingerprint density at radius 2 is 1.97 bits per heavy atom. The van der Waals surface area contributed by atoms with Gasteiger partial charge < -0.3 is 14.6 Å². The van der Waals surface area contributed by atoms with Gasteiger partial charge in [-0.15, -0.1) is 0 Å². The fourth-order valence-electron chi connectivity index (χ4n) is 5.73. The molecule has 9 heteroatoms. The summed E-state index contributed by atoms with van der Waals surface area (Å²) >= 11 is 5.97. The Kier molecular flexibility index (Phi) is 6.51. The van der Waals surface area contributed by atoms with Gasteiger partial charge in [-0.2, -0.15) is 0 Å². The van der Waals surface area contributed by atoms with E-state index in [-0.39, 0.29) is 36.1 Å². The molecule has 7 nitrogen and oxygen atoms in total. The highest BCUT2D eigenvalue weighted by molar-refractivity contribution is 6.30. The lowest BCUT2D eigenvalue weighted by Gasteiger charge is -2.40. The minimum atomic E-state index is -0.759. The molecule has 0 aliphatic carbocycles. The number of likely N-dealkylation sites (tertiary alicyclic amines) is 1. The van der Waals surface area contributed by atoms with E-state index in [1.54, 1.807) is 18.3 Å². The number of aliphatic carboxylic acids is 1. The van der Waals surface area contributed by atoms with Gasteiger partial charge in [-0.3, -0.25) is 14.5 Å². The molecule has 0 spiro atoms. The van der Waals surface area contributed by atoms with Crippen LogP contribution in [0.3, 0.4) is 0 Å². The smallest absolute Gasteiger partial charge is 0.306 e. The molecule has 3 aromatic rings. The molecule has 1 fully saturated rings. The van der Waals surface area contributed by atoms with Crippen LogP contribution in [0.15, 0.2) is 36.5 Å². The van der Waals surface area contributed by atoms with E-state index in [1.807, 2.05) is 26.5 Å². The molecule has 190 valence electrons. The van der Waals surface area contributed by atoms with Gasteiger partial charge in [0.1, 0.15) is 11.5 Å². The molecule has 1 aromatic carbocycles. The maximum absolute atomic E-state index is 14.7. The molecule has 1 amide bonds. The predicted octanol–water partition coefficient (Wildman–Crippen LogP) is 4.29. The zero-order valence-electron chi connectivity index (χ0n) is 20.5. The van der Waals surface area contributed by atoms with Crippen LogP contribution in [0.2, 0.25) is 5.02 Å². The summed E-state index contributed by atoms with van der Waals surface area (Å²) in [6.07, 6.45) is 2.86. The maximum Gasteiger partial charge on any atom is 0.306 e. The number of fused-ring (bicyclic) bond motifs is 3. The van der Waals surface area contributed by atoms with E-state index in [4.69, 9.17) is 11.6 Å². The highest BCUT2D eigenvalue weighted by Gasteiger charge is 2.39. The first-order chi connectivity index (χ1) is 17.1. The topological polar surface area (TPSA) is 78.7 Å². The number of carbonyl (C=O) groups is 2. The van der Waals surface area contributed by atoms with Gasteiger partial charge in [0.2, 0.25) is 5.91 Å². The molecule has 36 heavy (non-hydrogen) atoms. The van der Waals surface area contributed by atoms with Crippen molar-refractivity contribution in [3.63, 3.8) is 0 Å². The SMILES string of the molecule is CC1(C)CN(C(=O)CN2CCC(C(=O)O)CC2)Cc2c1c1cccnc1n2Cc1ccc(Cl)cc1F. The van der Waals surface area contributed by atoms with Crippen molar-refractivity contribution < 1.29 is 19.1 Å². The monoisotopic (exact) mass is 512 g/mol. The van der Waals surface area contributed by atoms with E-state index in [9.17, 15) is 19.1 Å². The van der Waals surface area contributed by atoms with Crippen molar-refractivity contribution in [2.45, 2.75) is 45.2 Å². The minimum Gasteiger partial charge on any atom is -0.481 e. The van der Waals surface area contributed by atoms with Gasteiger partial charge >= 0.3 is 5.97 Å². The van der Waals surface area contributed by atoms with Crippen molar-refractivity contribution in [2.75, 3.05) is 26.2 Å². The molecule has 0 unspecified atom stereocenters. The molecule has 2 aromatic heterocycles.